The summed E-state index contributed by atoms with van der Waals surface area (Å²) in [6.07, 6.45) is 0. The van der Waals surface area contributed by atoms with Gasteiger partial charge in [-0.25, -0.2) is 0 Å². The first-order valence-electron chi connectivity index (χ1n) is 6.04. The number of carbonyl (C=O) groups is 2. The zero-order valence-electron chi connectivity index (χ0n) is 11.6. The van der Waals surface area contributed by atoms with Crippen molar-refractivity contribution >= 4 is 17.7 Å². The summed E-state index contributed by atoms with van der Waals surface area (Å²) in [5.74, 6) is 0.351. The Kier molecular flexibility index (Phi) is 5.50. The Bertz CT molecular complexity index is 444. The first-order chi connectivity index (χ1) is 8.93. The maximum atomic E-state index is 11.9. The summed E-state index contributed by atoms with van der Waals surface area (Å²) in [4.78, 5) is 24.8. The van der Waals surface area contributed by atoms with Crippen molar-refractivity contribution in [1.82, 2.24) is 10.1 Å². The number of nitrogens with zero attached hydrogens (tertiary/aromatic N) is 2. The second-order valence-electron chi connectivity index (χ2n) is 4.21. The van der Waals surface area contributed by atoms with Crippen LogP contribution in [0, 0.1) is 6.92 Å². The summed E-state index contributed by atoms with van der Waals surface area (Å²) >= 11 is 0. The number of rotatable bonds is 6. The number of esters is 1. The van der Waals surface area contributed by atoms with Gasteiger partial charge in [0, 0.05) is 6.07 Å². The van der Waals surface area contributed by atoms with Gasteiger partial charge < -0.3 is 14.6 Å². The number of nitrogens with one attached hydrogen (secondary N) is 1. The van der Waals surface area contributed by atoms with Gasteiger partial charge in [-0.05, 0) is 27.8 Å². The standard InChI is InChI=1S/C12H19N3O4/c1-5-18-11(16)7-15(4)9(3)12(17)13-10-6-8(2)19-14-10/h6,9H,5,7H2,1-4H3,(H,13,14,17). The molecule has 1 unspecified atom stereocenters. The first-order valence-corrected chi connectivity index (χ1v) is 6.04. The number of hydrogen-bond donors (Lipinski definition) is 1. The molecule has 0 spiro atoms. The van der Waals surface area contributed by atoms with Crippen LogP contribution in [0.5, 0.6) is 0 Å². The smallest absolute Gasteiger partial charge is 0.320 e. The van der Waals surface area contributed by atoms with Crippen LogP contribution in [0.3, 0.4) is 0 Å². The third-order valence-electron chi connectivity index (χ3n) is 2.60. The molecule has 0 radical (unpaired) electrons. The number of likely N-dealkylation sites (N-methyl/N-ethyl adjacent to an activating group) is 1. The molecule has 106 valence electrons. The summed E-state index contributed by atoms with van der Waals surface area (Å²) < 4.78 is 9.67. The Balaban J connectivity index is 2.49. The zero-order chi connectivity index (χ0) is 14.4. The molecule has 1 aromatic rings. The largest absolute Gasteiger partial charge is 0.465 e. The van der Waals surface area contributed by atoms with Crippen LogP contribution in [0.4, 0.5) is 5.82 Å². The second kappa shape index (κ2) is 6.89. The molecule has 1 aromatic heterocycles. The van der Waals surface area contributed by atoms with Crippen LogP contribution in [0.15, 0.2) is 10.6 Å². The van der Waals surface area contributed by atoms with Crippen molar-refractivity contribution in [2.45, 2.75) is 26.8 Å². The van der Waals surface area contributed by atoms with Crippen LogP contribution in [0.25, 0.3) is 0 Å². The molecular formula is C12H19N3O4. The summed E-state index contributed by atoms with van der Waals surface area (Å²) in [7, 11) is 1.68. The van der Waals surface area contributed by atoms with E-state index in [2.05, 4.69) is 10.5 Å². The highest BCUT2D eigenvalue weighted by molar-refractivity contribution is 5.94. The minimum Gasteiger partial charge on any atom is -0.465 e. The van der Waals surface area contributed by atoms with E-state index in [1.165, 1.54) is 0 Å². The monoisotopic (exact) mass is 269 g/mol. The van der Waals surface area contributed by atoms with E-state index in [0.717, 1.165) is 0 Å². The third kappa shape index (κ3) is 4.70. The number of aryl methyl sites for hydroxylation is 1. The van der Waals surface area contributed by atoms with E-state index in [-0.39, 0.29) is 18.4 Å². The Morgan fingerprint density at radius 1 is 1.58 bits per heavy atom. The molecule has 0 aromatic carbocycles. The van der Waals surface area contributed by atoms with Crippen molar-refractivity contribution in [3.8, 4) is 0 Å². The Hall–Kier alpha value is -1.89. The molecule has 19 heavy (non-hydrogen) atoms. The van der Waals surface area contributed by atoms with Crippen LogP contribution >= 0.6 is 0 Å². The molecule has 0 aliphatic heterocycles. The van der Waals surface area contributed by atoms with E-state index in [1.807, 2.05) is 0 Å². The molecule has 7 nitrogen and oxygen atoms in total. The molecule has 1 N–H and O–H groups in total. The van der Waals surface area contributed by atoms with Gasteiger partial charge in [0.15, 0.2) is 5.82 Å². The van der Waals surface area contributed by atoms with Crippen molar-refractivity contribution in [3.63, 3.8) is 0 Å². The van der Waals surface area contributed by atoms with Crippen LogP contribution in [0.1, 0.15) is 19.6 Å². The van der Waals surface area contributed by atoms with Crippen molar-refractivity contribution in [2.24, 2.45) is 0 Å². The quantitative estimate of drug-likeness (QED) is 0.769. The third-order valence-corrected chi connectivity index (χ3v) is 2.60. The molecule has 0 saturated heterocycles. The molecule has 1 atom stereocenters. The second-order valence-corrected chi connectivity index (χ2v) is 4.21. The van der Waals surface area contributed by atoms with Gasteiger partial charge in [0.25, 0.3) is 0 Å². The van der Waals surface area contributed by atoms with E-state index in [1.54, 1.807) is 38.8 Å². The molecule has 0 aliphatic carbocycles. The lowest BCUT2D eigenvalue weighted by Crippen LogP contribution is -2.42. The van der Waals surface area contributed by atoms with E-state index < -0.39 is 6.04 Å². The summed E-state index contributed by atoms with van der Waals surface area (Å²) in [5.41, 5.74) is 0. The average molecular weight is 269 g/mol. The van der Waals surface area contributed by atoms with Gasteiger partial charge >= 0.3 is 5.97 Å². The topological polar surface area (TPSA) is 84.7 Å². The number of amides is 1. The van der Waals surface area contributed by atoms with Crippen molar-refractivity contribution in [1.29, 1.82) is 0 Å². The van der Waals surface area contributed by atoms with E-state index in [4.69, 9.17) is 9.26 Å². The molecule has 7 heteroatoms. The number of aromatic nitrogens is 1. The van der Waals surface area contributed by atoms with Crippen molar-refractivity contribution < 1.29 is 18.8 Å². The number of ether oxygens (including phenoxy) is 1. The highest BCUT2D eigenvalue weighted by atomic mass is 16.5. The molecule has 0 bridgehead atoms. The maximum Gasteiger partial charge on any atom is 0.320 e. The fraction of sp³-hybridized carbons (Fsp3) is 0.583. The van der Waals surface area contributed by atoms with Gasteiger partial charge in [-0.2, -0.15) is 0 Å². The normalized spacial score (nSPS) is 12.3. The molecular weight excluding hydrogens is 250 g/mol. The predicted octanol–water partition coefficient (Wildman–Crippen LogP) is 0.805. The van der Waals surface area contributed by atoms with E-state index in [9.17, 15) is 9.59 Å². The molecule has 1 heterocycles. The molecule has 1 rings (SSSR count). The number of hydrogen-bond acceptors (Lipinski definition) is 6. The van der Waals surface area contributed by atoms with Crippen LogP contribution in [0.2, 0.25) is 0 Å². The maximum absolute atomic E-state index is 11.9. The van der Waals surface area contributed by atoms with E-state index >= 15 is 0 Å². The van der Waals surface area contributed by atoms with Crippen molar-refractivity contribution in [2.75, 3.05) is 25.5 Å². The first kappa shape index (κ1) is 15.2. The highest BCUT2D eigenvalue weighted by Crippen LogP contribution is 2.08. The Labute approximate surface area is 111 Å². The summed E-state index contributed by atoms with van der Waals surface area (Å²) in [6, 6.07) is 1.14. The average Bonchev–Trinajstić information content (AvgIpc) is 2.73. The Morgan fingerprint density at radius 2 is 2.26 bits per heavy atom. The summed E-state index contributed by atoms with van der Waals surface area (Å²) in [5, 5.41) is 6.28. The lowest BCUT2D eigenvalue weighted by Gasteiger charge is -2.22. The van der Waals surface area contributed by atoms with Gasteiger partial charge in [-0.3, -0.25) is 14.5 Å². The zero-order valence-corrected chi connectivity index (χ0v) is 11.6. The van der Waals surface area contributed by atoms with Crippen LogP contribution < -0.4 is 5.32 Å². The lowest BCUT2D eigenvalue weighted by molar-refractivity contribution is -0.144. The van der Waals surface area contributed by atoms with Gasteiger partial charge in [-0.1, -0.05) is 5.16 Å². The fourth-order valence-electron chi connectivity index (χ4n) is 1.40. The van der Waals surface area contributed by atoms with Crippen LogP contribution in [-0.4, -0.2) is 48.2 Å². The van der Waals surface area contributed by atoms with E-state index in [0.29, 0.717) is 18.2 Å². The molecule has 1 amide bonds. The predicted molar refractivity (Wildman–Crippen MR) is 68.6 cm³/mol. The van der Waals surface area contributed by atoms with Gasteiger partial charge in [0.2, 0.25) is 5.91 Å². The number of anilines is 1. The fourth-order valence-corrected chi connectivity index (χ4v) is 1.40. The SMILES string of the molecule is CCOC(=O)CN(C)C(C)C(=O)Nc1cc(C)on1. The van der Waals surface area contributed by atoms with Crippen LogP contribution in [-0.2, 0) is 14.3 Å². The Morgan fingerprint density at radius 3 is 2.79 bits per heavy atom. The number of carbonyl (C=O) groups excluding carboxylic acids is 2. The lowest BCUT2D eigenvalue weighted by atomic mass is 10.2. The minimum absolute atomic E-state index is 0.0558. The van der Waals surface area contributed by atoms with Crippen molar-refractivity contribution in [3.05, 3.63) is 11.8 Å². The molecule has 0 saturated carbocycles. The minimum atomic E-state index is -0.485. The highest BCUT2D eigenvalue weighted by Gasteiger charge is 2.21. The van der Waals surface area contributed by atoms with Gasteiger partial charge in [-0.15, -0.1) is 0 Å². The molecule has 0 fully saturated rings. The summed E-state index contributed by atoms with van der Waals surface area (Å²) in [6.45, 7) is 5.55. The molecule has 0 aliphatic rings. The van der Waals surface area contributed by atoms with Gasteiger partial charge in [0.1, 0.15) is 5.76 Å². The van der Waals surface area contributed by atoms with Gasteiger partial charge in [0.05, 0.1) is 19.2 Å².